The van der Waals surface area contributed by atoms with Crippen molar-refractivity contribution < 1.29 is 0 Å². The average molecular weight is 234 g/mol. The summed E-state index contributed by atoms with van der Waals surface area (Å²) in [5, 5.41) is 0. The molecular formula is C13H18N2S. The van der Waals surface area contributed by atoms with Crippen LogP contribution >= 0.6 is 11.9 Å². The molecule has 0 amide bonds. The fourth-order valence-electron chi connectivity index (χ4n) is 1.73. The molecule has 2 rings (SSSR count). The fraction of sp³-hybridized carbons (Fsp3) is 0.385. The van der Waals surface area contributed by atoms with Gasteiger partial charge in [0.15, 0.2) is 0 Å². The number of hydrogen-bond acceptors (Lipinski definition) is 3. The largest absolute Gasteiger partial charge is 0.329 e. The summed E-state index contributed by atoms with van der Waals surface area (Å²) in [5.74, 6) is 0. The van der Waals surface area contributed by atoms with Crippen molar-refractivity contribution in [3.8, 4) is 0 Å². The summed E-state index contributed by atoms with van der Waals surface area (Å²) >= 11 is 1.74. The Bertz CT molecular complexity index is 410. The first-order chi connectivity index (χ1) is 7.66. The van der Waals surface area contributed by atoms with Crippen molar-refractivity contribution >= 4 is 18.0 Å². The van der Waals surface area contributed by atoms with Crippen LogP contribution in [0.4, 0.5) is 0 Å². The minimum Gasteiger partial charge on any atom is -0.329 e. The maximum atomic E-state index is 3.42. The van der Waals surface area contributed by atoms with Crippen molar-refractivity contribution in [1.82, 2.24) is 9.62 Å². The predicted molar refractivity (Wildman–Crippen MR) is 71.3 cm³/mol. The second-order valence-corrected chi connectivity index (χ2v) is 5.24. The van der Waals surface area contributed by atoms with Crippen molar-refractivity contribution in [3.05, 3.63) is 35.0 Å². The Balaban J connectivity index is 2.15. The van der Waals surface area contributed by atoms with Gasteiger partial charge in [0.05, 0.1) is 0 Å². The summed E-state index contributed by atoms with van der Waals surface area (Å²) in [6, 6.07) is 6.47. The van der Waals surface area contributed by atoms with Crippen LogP contribution in [0.2, 0.25) is 0 Å². The standard InChI is InChI=1S/C13H18N2S/c1-10-5-4-6-11-9-12(7-8-15(2)3)14-16-13(10)11/h4-6,9,14H,7-8H2,1-3H3. The second-order valence-electron chi connectivity index (χ2n) is 4.42. The lowest BCUT2D eigenvalue weighted by molar-refractivity contribution is 0.412. The van der Waals surface area contributed by atoms with Gasteiger partial charge in [0.25, 0.3) is 0 Å². The summed E-state index contributed by atoms with van der Waals surface area (Å²) in [6.45, 7) is 3.24. The maximum Gasteiger partial charge on any atom is 0.0386 e. The van der Waals surface area contributed by atoms with Crippen molar-refractivity contribution in [3.63, 3.8) is 0 Å². The molecule has 0 bridgehead atoms. The monoisotopic (exact) mass is 234 g/mol. The summed E-state index contributed by atoms with van der Waals surface area (Å²) in [5.41, 5.74) is 4.01. The molecule has 0 saturated heterocycles. The summed E-state index contributed by atoms with van der Waals surface area (Å²) in [4.78, 5) is 3.56. The van der Waals surface area contributed by atoms with Crippen LogP contribution in [-0.4, -0.2) is 25.5 Å². The van der Waals surface area contributed by atoms with Crippen LogP contribution in [-0.2, 0) is 0 Å². The van der Waals surface area contributed by atoms with Crippen LogP contribution in [0.3, 0.4) is 0 Å². The van der Waals surface area contributed by atoms with Gasteiger partial charge in [0.1, 0.15) is 0 Å². The quantitative estimate of drug-likeness (QED) is 0.810. The topological polar surface area (TPSA) is 15.3 Å². The van der Waals surface area contributed by atoms with E-state index in [-0.39, 0.29) is 0 Å². The molecule has 3 heteroatoms. The molecule has 1 aliphatic rings. The van der Waals surface area contributed by atoms with Crippen molar-refractivity contribution in [2.45, 2.75) is 18.2 Å². The Morgan fingerprint density at radius 3 is 2.88 bits per heavy atom. The van der Waals surface area contributed by atoms with Crippen LogP contribution < -0.4 is 4.72 Å². The molecule has 0 fully saturated rings. The van der Waals surface area contributed by atoms with Gasteiger partial charge in [-0.05, 0) is 50.2 Å². The van der Waals surface area contributed by atoms with E-state index in [2.05, 4.69) is 54.9 Å². The first-order valence-electron chi connectivity index (χ1n) is 5.54. The Morgan fingerprint density at radius 2 is 2.12 bits per heavy atom. The lowest BCUT2D eigenvalue weighted by atomic mass is 10.1. The fourth-order valence-corrected chi connectivity index (χ4v) is 2.60. The molecule has 0 aliphatic carbocycles. The zero-order chi connectivity index (χ0) is 11.5. The van der Waals surface area contributed by atoms with E-state index in [9.17, 15) is 0 Å². The number of rotatable bonds is 3. The van der Waals surface area contributed by atoms with E-state index in [1.165, 1.54) is 21.7 Å². The number of aryl methyl sites for hydroxylation is 1. The smallest absolute Gasteiger partial charge is 0.0386 e. The van der Waals surface area contributed by atoms with E-state index in [0.29, 0.717) is 0 Å². The van der Waals surface area contributed by atoms with Gasteiger partial charge in [0.2, 0.25) is 0 Å². The van der Waals surface area contributed by atoms with E-state index in [0.717, 1.165) is 13.0 Å². The Labute approximate surface area is 102 Å². The predicted octanol–water partition coefficient (Wildman–Crippen LogP) is 2.90. The molecule has 0 radical (unpaired) electrons. The molecule has 1 aromatic carbocycles. The second kappa shape index (κ2) is 4.93. The summed E-state index contributed by atoms with van der Waals surface area (Å²) in [6.07, 6.45) is 3.34. The molecule has 86 valence electrons. The number of hydrogen-bond donors (Lipinski definition) is 1. The van der Waals surface area contributed by atoms with E-state index in [1.807, 2.05) is 0 Å². The van der Waals surface area contributed by atoms with Gasteiger partial charge in [-0.25, -0.2) is 0 Å². The lowest BCUT2D eigenvalue weighted by Gasteiger charge is -2.20. The SMILES string of the molecule is Cc1cccc2c1SNC(CCN(C)C)=C2. The molecule has 0 spiro atoms. The molecule has 1 heterocycles. The van der Waals surface area contributed by atoms with Gasteiger partial charge in [-0.2, -0.15) is 0 Å². The molecule has 0 unspecified atom stereocenters. The highest BCUT2D eigenvalue weighted by Crippen LogP contribution is 2.31. The molecule has 1 aromatic rings. The van der Waals surface area contributed by atoms with E-state index in [1.54, 1.807) is 11.9 Å². The molecule has 0 aromatic heterocycles. The molecule has 0 saturated carbocycles. The van der Waals surface area contributed by atoms with E-state index < -0.39 is 0 Å². The van der Waals surface area contributed by atoms with Crippen LogP contribution in [0.25, 0.3) is 6.08 Å². The molecular weight excluding hydrogens is 216 g/mol. The van der Waals surface area contributed by atoms with Gasteiger partial charge >= 0.3 is 0 Å². The normalized spacial score (nSPS) is 14.4. The van der Waals surface area contributed by atoms with Crippen LogP contribution in [0.5, 0.6) is 0 Å². The van der Waals surface area contributed by atoms with E-state index in [4.69, 9.17) is 0 Å². The molecule has 2 nitrogen and oxygen atoms in total. The average Bonchev–Trinajstić information content (AvgIpc) is 2.26. The first-order valence-corrected chi connectivity index (χ1v) is 6.36. The third-order valence-corrected chi connectivity index (χ3v) is 3.81. The lowest BCUT2D eigenvalue weighted by Crippen LogP contribution is -2.18. The molecule has 0 atom stereocenters. The van der Waals surface area contributed by atoms with Crippen LogP contribution in [0.1, 0.15) is 17.5 Å². The van der Waals surface area contributed by atoms with Gasteiger partial charge < -0.3 is 9.62 Å². The third kappa shape index (κ3) is 2.60. The Morgan fingerprint density at radius 1 is 1.31 bits per heavy atom. The van der Waals surface area contributed by atoms with Gasteiger partial charge in [0, 0.05) is 23.6 Å². The van der Waals surface area contributed by atoms with Crippen LogP contribution in [0, 0.1) is 6.92 Å². The van der Waals surface area contributed by atoms with Crippen molar-refractivity contribution in [1.29, 1.82) is 0 Å². The molecule has 1 aliphatic heterocycles. The highest BCUT2D eigenvalue weighted by atomic mass is 32.2. The van der Waals surface area contributed by atoms with Crippen molar-refractivity contribution in [2.24, 2.45) is 0 Å². The number of benzene rings is 1. The minimum atomic E-state index is 1.08. The van der Waals surface area contributed by atoms with Gasteiger partial charge in [-0.3, -0.25) is 0 Å². The number of nitrogens with one attached hydrogen (secondary N) is 1. The first kappa shape index (κ1) is 11.6. The minimum absolute atomic E-state index is 1.08. The number of nitrogens with zero attached hydrogens (tertiary/aromatic N) is 1. The maximum absolute atomic E-state index is 3.42. The Hall–Kier alpha value is -0.930. The highest BCUT2D eigenvalue weighted by molar-refractivity contribution is 7.97. The van der Waals surface area contributed by atoms with Gasteiger partial charge in [-0.15, -0.1) is 0 Å². The van der Waals surface area contributed by atoms with Crippen LogP contribution in [0.15, 0.2) is 28.8 Å². The number of fused-ring (bicyclic) bond motifs is 1. The zero-order valence-electron chi connectivity index (χ0n) is 10.1. The summed E-state index contributed by atoms with van der Waals surface area (Å²) < 4.78 is 3.42. The van der Waals surface area contributed by atoms with Gasteiger partial charge in [-0.1, -0.05) is 18.2 Å². The molecule has 16 heavy (non-hydrogen) atoms. The summed E-state index contributed by atoms with van der Waals surface area (Å²) in [7, 11) is 4.21. The van der Waals surface area contributed by atoms with E-state index >= 15 is 0 Å². The third-order valence-electron chi connectivity index (χ3n) is 2.68. The zero-order valence-corrected chi connectivity index (χ0v) is 10.9. The molecule has 1 N–H and O–H groups in total. The Kier molecular flexibility index (Phi) is 3.56. The van der Waals surface area contributed by atoms with Crippen molar-refractivity contribution in [2.75, 3.05) is 20.6 Å². The highest BCUT2D eigenvalue weighted by Gasteiger charge is 2.11.